The van der Waals surface area contributed by atoms with Gasteiger partial charge in [0.1, 0.15) is 11.4 Å². The van der Waals surface area contributed by atoms with Gasteiger partial charge in [0.05, 0.1) is 18.8 Å². The maximum Gasteiger partial charge on any atom is 0.268 e. The summed E-state index contributed by atoms with van der Waals surface area (Å²) in [4.78, 5) is 40.4. The van der Waals surface area contributed by atoms with Gasteiger partial charge in [-0.2, -0.15) is 0 Å². The number of carbonyl (C=O) groups excluding carboxylic acids is 2. The molecule has 2 aromatic rings. The van der Waals surface area contributed by atoms with E-state index in [2.05, 4.69) is 5.32 Å². The third kappa shape index (κ3) is 4.31. The van der Waals surface area contributed by atoms with Crippen LogP contribution in [0.1, 0.15) is 34.8 Å². The Balaban J connectivity index is 1.78. The van der Waals surface area contributed by atoms with Crippen LogP contribution in [-0.2, 0) is 27.2 Å². The summed E-state index contributed by atoms with van der Waals surface area (Å²) in [5, 5.41) is 2.91. The minimum absolute atomic E-state index is 0.0375. The van der Waals surface area contributed by atoms with Crippen molar-refractivity contribution in [3.8, 4) is 5.69 Å². The number of ether oxygens (including phenoxy) is 2. The molecule has 3 heterocycles. The van der Waals surface area contributed by atoms with Crippen molar-refractivity contribution >= 4 is 11.8 Å². The van der Waals surface area contributed by atoms with Gasteiger partial charge in [-0.15, -0.1) is 0 Å². The van der Waals surface area contributed by atoms with Crippen molar-refractivity contribution in [2.75, 3.05) is 26.9 Å². The molecule has 2 atom stereocenters. The lowest BCUT2D eigenvalue weighted by Crippen LogP contribution is -2.51. The highest BCUT2D eigenvalue weighted by atomic mass is 19.1. The van der Waals surface area contributed by atoms with E-state index < -0.39 is 17.3 Å². The molecular formula is C23H26FN3O5. The first kappa shape index (κ1) is 22.2. The van der Waals surface area contributed by atoms with Gasteiger partial charge in [0, 0.05) is 45.6 Å². The van der Waals surface area contributed by atoms with E-state index in [9.17, 15) is 18.8 Å². The van der Waals surface area contributed by atoms with E-state index in [1.54, 1.807) is 18.2 Å². The van der Waals surface area contributed by atoms with Crippen molar-refractivity contribution in [2.45, 2.75) is 38.5 Å². The summed E-state index contributed by atoms with van der Waals surface area (Å²) in [6.45, 7) is 3.05. The number of nitrogens with zero attached hydrogens (tertiary/aromatic N) is 2. The van der Waals surface area contributed by atoms with Crippen LogP contribution in [0.2, 0.25) is 0 Å². The van der Waals surface area contributed by atoms with Crippen molar-refractivity contribution < 1.29 is 23.5 Å². The lowest BCUT2D eigenvalue weighted by Gasteiger charge is -2.32. The smallest absolute Gasteiger partial charge is 0.268 e. The van der Waals surface area contributed by atoms with Crippen molar-refractivity contribution in [2.24, 2.45) is 0 Å². The van der Waals surface area contributed by atoms with Crippen LogP contribution in [0.15, 0.2) is 35.3 Å². The fourth-order valence-corrected chi connectivity index (χ4v) is 4.33. The predicted octanol–water partition coefficient (Wildman–Crippen LogP) is 1.41. The van der Waals surface area contributed by atoms with E-state index in [0.717, 1.165) is 0 Å². The Morgan fingerprint density at radius 1 is 1.25 bits per heavy atom. The van der Waals surface area contributed by atoms with E-state index in [0.29, 0.717) is 56.0 Å². The standard InChI is InChI=1S/C23H26FN3O5/c1-14(28)26-9-7-18-15(11-26)12-27(17-5-3-16(24)4-6-17)23(30)21(18)22(29)25-19-13-32-10-8-20(19)31-2/h3-6,12,19-20H,7-11,13H2,1-2H3,(H,25,29)/t19-,20-/m1/s1. The first-order valence-corrected chi connectivity index (χ1v) is 10.6. The molecule has 170 valence electrons. The maximum atomic E-state index is 13.4. The van der Waals surface area contributed by atoms with Gasteiger partial charge in [-0.05, 0) is 48.2 Å². The summed E-state index contributed by atoms with van der Waals surface area (Å²) in [5.41, 5.74) is 1.33. The van der Waals surface area contributed by atoms with Crippen LogP contribution < -0.4 is 10.9 Å². The molecule has 1 aromatic carbocycles. The molecule has 0 aliphatic carbocycles. The first-order chi connectivity index (χ1) is 15.4. The summed E-state index contributed by atoms with van der Waals surface area (Å²) >= 11 is 0. The minimum Gasteiger partial charge on any atom is -0.379 e. The number of hydrogen-bond acceptors (Lipinski definition) is 5. The zero-order chi connectivity index (χ0) is 22.8. The number of methoxy groups -OCH3 is 1. The topological polar surface area (TPSA) is 89.9 Å². The number of hydrogen-bond donors (Lipinski definition) is 1. The number of pyridine rings is 1. The monoisotopic (exact) mass is 443 g/mol. The third-order valence-electron chi connectivity index (χ3n) is 6.09. The van der Waals surface area contributed by atoms with Gasteiger partial charge in [0.2, 0.25) is 5.91 Å². The predicted molar refractivity (Wildman–Crippen MR) is 114 cm³/mol. The summed E-state index contributed by atoms with van der Waals surface area (Å²) in [6.07, 6.45) is 2.46. The van der Waals surface area contributed by atoms with Gasteiger partial charge in [0.25, 0.3) is 11.5 Å². The van der Waals surface area contributed by atoms with E-state index in [-0.39, 0.29) is 23.6 Å². The molecule has 1 N–H and O–H groups in total. The molecule has 2 aliphatic heterocycles. The maximum absolute atomic E-state index is 13.4. The van der Waals surface area contributed by atoms with E-state index in [4.69, 9.17) is 9.47 Å². The number of nitrogens with one attached hydrogen (secondary N) is 1. The van der Waals surface area contributed by atoms with Crippen LogP contribution in [0.4, 0.5) is 4.39 Å². The number of amides is 2. The number of halogens is 1. The van der Waals surface area contributed by atoms with Crippen LogP contribution >= 0.6 is 0 Å². The van der Waals surface area contributed by atoms with Gasteiger partial charge in [-0.25, -0.2) is 4.39 Å². The average molecular weight is 443 g/mol. The average Bonchev–Trinajstić information content (AvgIpc) is 2.79. The Morgan fingerprint density at radius 2 is 2.00 bits per heavy atom. The summed E-state index contributed by atoms with van der Waals surface area (Å²) in [7, 11) is 1.58. The number of benzene rings is 1. The van der Waals surface area contributed by atoms with Crippen LogP contribution in [-0.4, -0.2) is 60.3 Å². The quantitative estimate of drug-likeness (QED) is 0.772. The molecule has 2 aliphatic rings. The summed E-state index contributed by atoms with van der Waals surface area (Å²) in [6, 6.07) is 5.09. The Hall–Kier alpha value is -3.04. The summed E-state index contributed by atoms with van der Waals surface area (Å²) in [5.74, 6) is -1.01. The van der Waals surface area contributed by atoms with Crippen LogP contribution in [0.3, 0.4) is 0 Å². The Kier molecular flexibility index (Phi) is 6.38. The SMILES string of the molecule is CO[C@@H]1CCOC[C@H]1NC(=O)c1c2c(cn(-c3ccc(F)cc3)c1=O)CN(C(C)=O)CC2. The second-order valence-corrected chi connectivity index (χ2v) is 8.07. The Morgan fingerprint density at radius 3 is 2.69 bits per heavy atom. The fourth-order valence-electron chi connectivity index (χ4n) is 4.33. The molecule has 0 unspecified atom stereocenters. The van der Waals surface area contributed by atoms with E-state index >= 15 is 0 Å². The molecule has 2 amide bonds. The molecule has 0 bridgehead atoms. The zero-order valence-corrected chi connectivity index (χ0v) is 18.1. The van der Waals surface area contributed by atoms with Gasteiger partial charge in [-0.3, -0.25) is 19.0 Å². The first-order valence-electron chi connectivity index (χ1n) is 10.6. The Bertz CT molecular complexity index is 1080. The number of rotatable bonds is 4. The highest BCUT2D eigenvalue weighted by molar-refractivity contribution is 5.96. The zero-order valence-electron chi connectivity index (χ0n) is 18.1. The molecule has 0 spiro atoms. The van der Waals surface area contributed by atoms with Gasteiger partial charge in [-0.1, -0.05) is 0 Å². The molecule has 0 radical (unpaired) electrons. The van der Waals surface area contributed by atoms with Gasteiger partial charge < -0.3 is 19.7 Å². The lowest BCUT2D eigenvalue weighted by molar-refractivity contribution is -0.129. The minimum atomic E-state index is -0.503. The van der Waals surface area contributed by atoms with Crippen molar-refractivity contribution in [3.63, 3.8) is 0 Å². The van der Waals surface area contributed by atoms with Crippen LogP contribution in [0, 0.1) is 5.82 Å². The third-order valence-corrected chi connectivity index (χ3v) is 6.09. The largest absolute Gasteiger partial charge is 0.379 e. The summed E-state index contributed by atoms with van der Waals surface area (Å²) < 4.78 is 25.7. The van der Waals surface area contributed by atoms with Gasteiger partial charge in [0.15, 0.2) is 0 Å². The van der Waals surface area contributed by atoms with E-state index in [1.807, 2.05) is 0 Å². The van der Waals surface area contributed by atoms with Gasteiger partial charge >= 0.3 is 0 Å². The highest BCUT2D eigenvalue weighted by Gasteiger charge is 2.31. The lowest BCUT2D eigenvalue weighted by atomic mass is 9.95. The molecule has 0 saturated carbocycles. The molecule has 1 saturated heterocycles. The molecule has 32 heavy (non-hydrogen) atoms. The van der Waals surface area contributed by atoms with Crippen molar-refractivity contribution in [1.82, 2.24) is 14.8 Å². The molecule has 4 rings (SSSR count). The Labute approximate surface area is 184 Å². The second kappa shape index (κ2) is 9.22. The normalized spacial score (nSPS) is 20.5. The number of aromatic nitrogens is 1. The number of fused-ring (bicyclic) bond motifs is 1. The highest BCUT2D eigenvalue weighted by Crippen LogP contribution is 2.23. The molecular weight excluding hydrogens is 417 g/mol. The van der Waals surface area contributed by atoms with Crippen LogP contribution in [0.25, 0.3) is 5.69 Å². The van der Waals surface area contributed by atoms with Crippen molar-refractivity contribution in [1.29, 1.82) is 0 Å². The second-order valence-electron chi connectivity index (χ2n) is 8.07. The van der Waals surface area contributed by atoms with Crippen molar-refractivity contribution in [3.05, 3.63) is 63.3 Å². The van der Waals surface area contributed by atoms with Crippen LogP contribution in [0.5, 0.6) is 0 Å². The fraction of sp³-hybridized carbons (Fsp3) is 0.435. The molecule has 8 nitrogen and oxygen atoms in total. The van der Waals surface area contributed by atoms with E-state index in [1.165, 1.54) is 35.8 Å². The molecule has 1 fully saturated rings. The number of carbonyl (C=O) groups is 2. The molecule has 9 heteroatoms. The molecule has 1 aromatic heterocycles.